The van der Waals surface area contributed by atoms with E-state index in [9.17, 15) is 4.79 Å². The average molecular weight is 286 g/mol. The molecule has 0 aliphatic heterocycles. The molecule has 110 valence electrons. The fourth-order valence-electron chi connectivity index (χ4n) is 1.95. The van der Waals surface area contributed by atoms with Crippen LogP contribution in [0.3, 0.4) is 0 Å². The molecular weight excluding hydrogens is 268 g/mol. The number of aliphatic hydroxyl groups excluding tert-OH is 1. The Morgan fingerprint density at radius 2 is 1.90 bits per heavy atom. The number of hydrogen-bond donors (Lipinski definition) is 1. The summed E-state index contributed by atoms with van der Waals surface area (Å²) in [6.45, 7) is 1.97. The lowest BCUT2D eigenvalue weighted by atomic mass is 10.1. The van der Waals surface area contributed by atoms with E-state index in [0.29, 0.717) is 12.4 Å². The summed E-state index contributed by atoms with van der Waals surface area (Å²) in [7, 11) is 0. The lowest BCUT2D eigenvalue weighted by molar-refractivity contribution is -0.151. The van der Waals surface area contributed by atoms with E-state index >= 15 is 0 Å². The maximum Gasteiger partial charge on any atom is 0.352 e. The van der Waals surface area contributed by atoms with Gasteiger partial charge in [0.15, 0.2) is 0 Å². The molecular formula is C17H18O4. The van der Waals surface area contributed by atoms with Gasteiger partial charge in [0.1, 0.15) is 5.75 Å². The predicted molar refractivity (Wildman–Crippen MR) is 78.8 cm³/mol. The van der Waals surface area contributed by atoms with Crippen LogP contribution in [0, 0.1) is 0 Å². The van der Waals surface area contributed by atoms with Crippen LogP contribution in [-0.2, 0) is 16.1 Å². The second kappa shape index (κ2) is 7.45. The van der Waals surface area contributed by atoms with Crippen LogP contribution in [0.1, 0.15) is 24.2 Å². The van der Waals surface area contributed by atoms with Crippen molar-refractivity contribution in [1.82, 2.24) is 0 Å². The summed E-state index contributed by atoms with van der Waals surface area (Å²) in [4.78, 5) is 12.1. The second-order valence-corrected chi connectivity index (χ2v) is 4.47. The van der Waals surface area contributed by atoms with Gasteiger partial charge in [-0.3, -0.25) is 0 Å². The van der Waals surface area contributed by atoms with Gasteiger partial charge in [-0.05, 0) is 24.6 Å². The molecule has 0 fully saturated rings. The monoisotopic (exact) mass is 286 g/mol. The molecule has 2 aromatic carbocycles. The van der Waals surface area contributed by atoms with Gasteiger partial charge in [-0.2, -0.15) is 0 Å². The third-order valence-corrected chi connectivity index (χ3v) is 2.94. The van der Waals surface area contributed by atoms with Crippen molar-refractivity contribution in [2.24, 2.45) is 0 Å². The summed E-state index contributed by atoms with van der Waals surface area (Å²) in [6, 6.07) is 16.2. The van der Waals surface area contributed by atoms with Gasteiger partial charge < -0.3 is 14.6 Å². The Balaban J connectivity index is 2.25. The number of carbonyl (C=O) groups excluding carboxylic acids is 1. The molecule has 2 rings (SSSR count). The molecule has 1 atom stereocenters. The first-order chi connectivity index (χ1) is 10.2. The summed E-state index contributed by atoms with van der Waals surface area (Å²) in [6.07, 6.45) is -0.819. The fourth-order valence-corrected chi connectivity index (χ4v) is 1.95. The molecule has 0 radical (unpaired) electrons. The van der Waals surface area contributed by atoms with Crippen molar-refractivity contribution in [1.29, 1.82) is 0 Å². The van der Waals surface area contributed by atoms with Crippen molar-refractivity contribution in [2.45, 2.75) is 19.6 Å². The molecule has 0 aliphatic carbocycles. The lowest BCUT2D eigenvalue weighted by Crippen LogP contribution is -2.21. The van der Waals surface area contributed by atoms with Gasteiger partial charge in [0.2, 0.25) is 6.10 Å². The average Bonchev–Trinajstić information content (AvgIpc) is 2.54. The molecule has 0 spiro atoms. The van der Waals surface area contributed by atoms with E-state index in [1.807, 2.05) is 30.3 Å². The highest BCUT2D eigenvalue weighted by Crippen LogP contribution is 2.24. The number of rotatable bonds is 6. The van der Waals surface area contributed by atoms with Crippen molar-refractivity contribution < 1.29 is 19.4 Å². The van der Waals surface area contributed by atoms with Gasteiger partial charge in [-0.1, -0.05) is 42.5 Å². The van der Waals surface area contributed by atoms with Crippen molar-refractivity contribution in [3.8, 4) is 5.75 Å². The van der Waals surface area contributed by atoms with Crippen molar-refractivity contribution in [3.63, 3.8) is 0 Å². The van der Waals surface area contributed by atoms with Crippen LogP contribution in [0.15, 0.2) is 54.6 Å². The maximum absolute atomic E-state index is 12.1. The first-order valence-electron chi connectivity index (χ1n) is 6.82. The fraction of sp³-hybridized carbons (Fsp3) is 0.235. The maximum atomic E-state index is 12.1. The molecule has 2 aromatic rings. The van der Waals surface area contributed by atoms with Crippen molar-refractivity contribution in [3.05, 3.63) is 65.7 Å². The van der Waals surface area contributed by atoms with Crippen LogP contribution in [0.25, 0.3) is 0 Å². The van der Waals surface area contributed by atoms with Gasteiger partial charge in [0.05, 0.1) is 13.2 Å². The highest BCUT2D eigenvalue weighted by molar-refractivity contribution is 5.77. The van der Waals surface area contributed by atoms with Crippen LogP contribution in [0.4, 0.5) is 0 Å². The minimum Gasteiger partial charge on any atom is -0.474 e. The van der Waals surface area contributed by atoms with Crippen LogP contribution in [0.5, 0.6) is 5.75 Å². The third kappa shape index (κ3) is 4.07. The van der Waals surface area contributed by atoms with Gasteiger partial charge in [0.25, 0.3) is 0 Å². The topological polar surface area (TPSA) is 55.8 Å². The van der Waals surface area contributed by atoms with Gasteiger partial charge in [-0.15, -0.1) is 0 Å². The summed E-state index contributed by atoms with van der Waals surface area (Å²) in [5.74, 6) is 0.0848. The van der Waals surface area contributed by atoms with Crippen LogP contribution in [-0.4, -0.2) is 17.7 Å². The first-order valence-corrected chi connectivity index (χ1v) is 6.82. The van der Waals surface area contributed by atoms with Crippen molar-refractivity contribution in [2.75, 3.05) is 6.61 Å². The van der Waals surface area contributed by atoms with E-state index in [0.717, 1.165) is 11.1 Å². The van der Waals surface area contributed by atoms with Crippen LogP contribution < -0.4 is 4.74 Å². The lowest BCUT2D eigenvalue weighted by Gasteiger charge is -2.18. The molecule has 0 heterocycles. The molecule has 4 nitrogen and oxygen atoms in total. The normalized spacial score (nSPS) is 11.7. The smallest absolute Gasteiger partial charge is 0.352 e. The van der Waals surface area contributed by atoms with E-state index in [4.69, 9.17) is 14.6 Å². The molecule has 21 heavy (non-hydrogen) atoms. The molecule has 0 saturated heterocycles. The highest BCUT2D eigenvalue weighted by atomic mass is 16.6. The second-order valence-electron chi connectivity index (χ2n) is 4.47. The molecule has 0 aromatic heterocycles. The quantitative estimate of drug-likeness (QED) is 0.830. The third-order valence-electron chi connectivity index (χ3n) is 2.94. The Hall–Kier alpha value is -2.33. The minimum atomic E-state index is -0.819. The predicted octanol–water partition coefficient (Wildman–Crippen LogP) is 2.86. The number of esters is 1. The number of aliphatic hydroxyl groups is 1. The Kier molecular flexibility index (Phi) is 5.35. The summed E-state index contributed by atoms with van der Waals surface area (Å²) in [5.41, 5.74) is 1.45. The molecule has 0 amide bonds. The van der Waals surface area contributed by atoms with E-state index in [2.05, 4.69) is 0 Å². The molecule has 4 heteroatoms. The van der Waals surface area contributed by atoms with Crippen LogP contribution in [0.2, 0.25) is 0 Å². The Labute approximate surface area is 123 Å². The number of ether oxygens (including phenoxy) is 2. The minimum absolute atomic E-state index is 0.0768. The van der Waals surface area contributed by atoms with E-state index in [1.165, 1.54) is 0 Å². The molecule has 0 aliphatic rings. The number of benzene rings is 2. The van der Waals surface area contributed by atoms with Gasteiger partial charge >= 0.3 is 5.97 Å². The summed E-state index contributed by atoms with van der Waals surface area (Å²) < 4.78 is 10.8. The van der Waals surface area contributed by atoms with E-state index < -0.39 is 12.1 Å². The van der Waals surface area contributed by atoms with Gasteiger partial charge in [-0.25, -0.2) is 4.79 Å². The summed E-state index contributed by atoms with van der Waals surface area (Å²) >= 11 is 0. The molecule has 0 bridgehead atoms. The summed E-state index contributed by atoms with van der Waals surface area (Å²) in [5, 5.41) is 9.16. The SMILES string of the molecule is CCOC(=O)C(Oc1cccc(CO)c1)c1ccccc1. The number of hydrogen-bond acceptors (Lipinski definition) is 4. The molecule has 1 unspecified atom stereocenters. The van der Waals surface area contributed by atoms with E-state index in [-0.39, 0.29) is 6.61 Å². The highest BCUT2D eigenvalue weighted by Gasteiger charge is 2.24. The zero-order valence-corrected chi connectivity index (χ0v) is 11.9. The first kappa shape index (κ1) is 15.1. The molecule has 1 N–H and O–H groups in total. The zero-order chi connectivity index (χ0) is 15.1. The Bertz CT molecular complexity index is 580. The zero-order valence-electron chi connectivity index (χ0n) is 11.9. The largest absolute Gasteiger partial charge is 0.474 e. The molecule has 0 saturated carbocycles. The Morgan fingerprint density at radius 3 is 2.57 bits per heavy atom. The van der Waals surface area contributed by atoms with Crippen LogP contribution >= 0.6 is 0 Å². The Morgan fingerprint density at radius 1 is 1.14 bits per heavy atom. The van der Waals surface area contributed by atoms with Crippen molar-refractivity contribution >= 4 is 5.97 Å². The standard InChI is InChI=1S/C17H18O4/c1-2-20-17(19)16(14-8-4-3-5-9-14)21-15-10-6-7-13(11-15)12-18/h3-11,16,18H,2,12H2,1H3. The number of carbonyl (C=O) groups is 1. The van der Waals surface area contributed by atoms with E-state index in [1.54, 1.807) is 31.2 Å². The van der Waals surface area contributed by atoms with Gasteiger partial charge in [0, 0.05) is 5.56 Å².